The summed E-state index contributed by atoms with van der Waals surface area (Å²) in [5.74, 6) is 0.522. The van der Waals surface area contributed by atoms with Crippen molar-refractivity contribution < 1.29 is 9.53 Å². The van der Waals surface area contributed by atoms with E-state index < -0.39 is 0 Å². The van der Waals surface area contributed by atoms with Gasteiger partial charge in [-0.25, -0.2) is 4.68 Å². The van der Waals surface area contributed by atoms with Gasteiger partial charge in [0.1, 0.15) is 6.33 Å². The van der Waals surface area contributed by atoms with E-state index in [1.165, 1.54) is 6.33 Å². The van der Waals surface area contributed by atoms with E-state index in [0.29, 0.717) is 18.1 Å². The lowest BCUT2D eigenvalue weighted by Crippen LogP contribution is -2.44. The average Bonchev–Trinajstić information content (AvgIpc) is 3.18. The minimum Gasteiger partial charge on any atom is -0.378 e. The van der Waals surface area contributed by atoms with Gasteiger partial charge in [-0.1, -0.05) is 26.7 Å². The molecule has 0 spiro atoms. The standard InChI is InChI=1S/C18H25N5O2/c1-3-13(4-2)17-11-15(9-10-25-17)20-18(24)14-5-7-16(8-6-14)23-12-19-21-22-23/h5-8,12-13,15,17H,3-4,9-11H2,1-2H3,(H,20,24)/t15-,17-/m1/s1. The zero-order valence-corrected chi connectivity index (χ0v) is 14.8. The molecule has 0 bridgehead atoms. The van der Waals surface area contributed by atoms with Crippen LogP contribution in [0.2, 0.25) is 0 Å². The highest BCUT2D eigenvalue weighted by Crippen LogP contribution is 2.25. The van der Waals surface area contributed by atoms with Crippen LogP contribution >= 0.6 is 0 Å². The Hall–Kier alpha value is -2.28. The number of hydrogen-bond acceptors (Lipinski definition) is 5. The molecule has 7 heteroatoms. The van der Waals surface area contributed by atoms with Crippen LogP contribution in [-0.4, -0.2) is 44.9 Å². The highest BCUT2D eigenvalue weighted by atomic mass is 16.5. The van der Waals surface area contributed by atoms with Crippen LogP contribution in [0.5, 0.6) is 0 Å². The highest BCUT2D eigenvalue weighted by Gasteiger charge is 2.28. The van der Waals surface area contributed by atoms with E-state index in [4.69, 9.17) is 4.74 Å². The van der Waals surface area contributed by atoms with Gasteiger partial charge in [0.05, 0.1) is 11.8 Å². The van der Waals surface area contributed by atoms with Gasteiger partial charge >= 0.3 is 0 Å². The summed E-state index contributed by atoms with van der Waals surface area (Å²) in [5.41, 5.74) is 1.46. The van der Waals surface area contributed by atoms with Crippen molar-refractivity contribution in [3.05, 3.63) is 36.2 Å². The van der Waals surface area contributed by atoms with Gasteiger partial charge in [0.25, 0.3) is 5.91 Å². The molecule has 0 aliphatic carbocycles. The van der Waals surface area contributed by atoms with E-state index in [1.54, 1.807) is 16.8 Å². The SMILES string of the molecule is CCC(CC)[C@H]1C[C@H](NC(=O)c2ccc(-n3cnnn3)cc2)CCO1. The van der Waals surface area contributed by atoms with Crippen LogP contribution in [0.25, 0.3) is 5.69 Å². The number of tetrazole rings is 1. The molecule has 1 N–H and O–H groups in total. The molecule has 1 aliphatic rings. The van der Waals surface area contributed by atoms with Crippen molar-refractivity contribution in [1.82, 2.24) is 25.5 Å². The fourth-order valence-electron chi connectivity index (χ4n) is 3.42. The zero-order chi connectivity index (χ0) is 17.6. The zero-order valence-electron chi connectivity index (χ0n) is 14.8. The van der Waals surface area contributed by atoms with Crippen LogP contribution in [0.15, 0.2) is 30.6 Å². The monoisotopic (exact) mass is 343 g/mol. The van der Waals surface area contributed by atoms with E-state index in [2.05, 4.69) is 34.7 Å². The minimum atomic E-state index is -0.0431. The molecule has 2 aromatic rings. The van der Waals surface area contributed by atoms with Crippen molar-refractivity contribution in [2.24, 2.45) is 5.92 Å². The Morgan fingerprint density at radius 1 is 1.32 bits per heavy atom. The summed E-state index contributed by atoms with van der Waals surface area (Å²) in [6, 6.07) is 7.43. The predicted octanol–water partition coefficient (Wildman–Crippen LogP) is 2.38. The molecule has 1 saturated heterocycles. The molecular formula is C18H25N5O2. The third kappa shape index (κ3) is 4.22. The van der Waals surface area contributed by atoms with Crippen molar-refractivity contribution in [2.45, 2.75) is 51.7 Å². The third-order valence-corrected chi connectivity index (χ3v) is 4.97. The van der Waals surface area contributed by atoms with Crippen molar-refractivity contribution in [1.29, 1.82) is 0 Å². The third-order valence-electron chi connectivity index (χ3n) is 4.97. The second-order valence-electron chi connectivity index (χ2n) is 6.48. The van der Waals surface area contributed by atoms with Gasteiger partial charge < -0.3 is 10.1 Å². The van der Waals surface area contributed by atoms with E-state index >= 15 is 0 Å². The Kier molecular flexibility index (Phi) is 5.75. The summed E-state index contributed by atoms with van der Waals surface area (Å²) in [5, 5.41) is 14.2. The molecule has 1 aliphatic heterocycles. The molecule has 1 amide bonds. The number of nitrogens with zero attached hydrogens (tertiary/aromatic N) is 4. The van der Waals surface area contributed by atoms with Crippen LogP contribution < -0.4 is 5.32 Å². The van der Waals surface area contributed by atoms with E-state index in [-0.39, 0.29) is 18.1 Å². The van der Waals surface area contributed by atoms with Gasteiger partial charge in [-0.05, 0) is 53.5 Å². The molecule has 2 atom stereocenters. The lowest BCUT2D eigenvalue weighted by molar-refractivity contribution is -0.0337. The second-order valence-corrected chi connectivity index (χ2v) is 6.48. The number of aromatic nitrogens is 4. The Morgan fingerprint density at radius 3 is 2.72 bits per heavy atom. The van der Waals surface area contributed by atoms with Gasteiger partial charge in [0, 0.05) is 18.2 Å². The summed E-state index contributed by atoms with van der Waals surface area (Å²) < 4.78 is 7.48. The maximum Gasteiger partial charge on any atom is 0.251 e. The fourth-order valence-corrected chi connectivity index (χ4v) is 3.42. The molecular weight excluding hydrogens is 318 g/mol. The largest absolute Gasteiger partial charge is 0.378 e. The molecule has 1 aromatic heterocycles. The van der Waals surface area contributed by atoms with Gasteiger partial charge in [-0.15, -0.1) is 5.10 Å². The first-order chi connectivity index (χ1) is 12.2. The molecule has 3 rings (SSSR count). The number of carbonyl (C=O) groups is 1. The first-order valence-corrected chi connectivity index (χ1v) is 8.97. The predicted molar refractivity (Wildman–Crippen MR) is 93.5 cm³/mol. The smallest absolute Gasteiger partial charge is 0.251 e. The normalized spacial score (nSPS) is 20.6. The molecule has 7 nitrogen and oxygen atoms in total. The average molecular weight is 343 g/mol. The fraction of sp³-hybridized carbons (Fsp3) is 0.556. The summed E-state index contributed by atoms with van der Waals surface area (Å²) in [6.45, 7) is 5.11. The van der Waals surface area contributed by atoms with E-state index in [0.717, 1.165) is 31.4 Å². The first-order valence-electron chi connectivity index (χ1n) is 8.97. The van der Waals surface area contributed by atoms with Crippen molar-refractivity contribution in [2.75, 3.05) is 6.61 Å². The number of amides is 1. The summed E-state index contributed by atoms with van der Waals surface area (Å²) >= 11 is 0. The Morgan fingerprint density at radius 2 is 2.08 bits per heavy atom. The number of carbonyl (C=O) groups excluding carboxylic acids is 1. The number of rotatable bonds is 6. The summed E-state index contributed by atoms with van der Waals surface area (Å²) in [6.07, 6.45) is 5.75. The lowest BCUT2D eigenvalue weighted by atomic mass is 9.89. The molecule has 2 heterocycles. The summed E-state index contributed by atoms with van der Waals surface area (Å²) in [7, 11) is 0. The van der Waals surface area contributed by atoms with Crippen LogP contribution in [0.1, 0.15) is 49.9 Å². The molecule has 0 unspecified atom stereocenters. The van der Waals surface area contributed by atoms with Crippen LogP contribution in [0.4, 0.5) is 0 Å². The maximum atomic E-state index is 12.5. The Bertz CT molecular complexity index is 667. The Balaban J connectivity index is 1.60. The quantitative estimate of drug-likeness (QED) is 0.871. The summed E-state index contributed by atoms with van der Waals surface area (Å²) in [4.78, 5) is 12.5. The minimum absolute atomic E-state index is 0.0431. The van der Waals surface area contributed by atoms with Crippen LogP contribution in [-0.2, 0) is 4.74 Å². The second kappa shape index (κ2) is 8.20. The molecule has 0 radical (unpaired) electrons. The molecule has 0 saturated carbocycles. The Labute approximate surface area is 147 Å². The molecule has 134 valence electrons. The van der Waals surface area contributed by atoms with E-state index in [9.17, 15) is 4.79 Å². The van der Waals surface area contributed by atoms with Crippen molar-refractivity contribution in [3.63, 3.8) is 0 Å². The number of ether oxygens (including phenoxy) is 1. The van der Waals surface area contributed by atoms with Crippen molar-refractivity contribution in [3.8, 4) is 5.69 Å². The van der Waals surface area contributed by atoms with Crippen LogP contribution in [0, 0.1) is 5.92 Å². The molecule has 1 fully saturated rings. The first kappa shape index (κ1) is 17.5. The van der Waals surface area contributed by atoms with Crippen LogP contribution in [0.3, 0.4) is 0 Å². The van der Waals surface area contributed by atoms with Gasteiger partial charge in [0.15, 0.2) is 0 Å². The topological polar surface area (TPSA) is 81.9 Å². The van der Waals surface area contributed by atoms with Gasteiger partial charge in [0.2, 0.25) is 0 Å². The number of hydrogen-bond donors (Lipinski definition) is 1. The van der Waals surface area contributed by atoms with Gasteiger partial charge in [-0.3, -0.25) is 4.79 Å². The number of nitrogens with one attached hydrogen (secondary N) is 1. The van der Waals surface area contributed by atoms with E-state index in [1.807, 2.05) is 12.1 Å². The highest BCUT2D eigenvalue weighted by molar-refractivity contribution is 5.94. The maximum absolute atomic E-state index is 12.5. The number of benzene rings is 1. The van der Waals surface area contributed by atoms with Gasteiger partial charge in [-0.2, -0.15) is 0 Å². The molecule has 1 aromatic carbocycles. The molecule has 25 heavy (non-hydrogen) atoms. The lowest BCUT2D eigenvalue weighted by Gasteiger charge is -2.34. The van der Waals surface area contributed by atoms with Crippen molar-refractivity contribution >= 4 is 5.91 Å².